The van der Waals surface area contributed by atoms with Crippen LogP contribution >= 0.6 is 0 Å². The lowest BCUT2D eigenvalue weighted by Gasteiger charge is -2.07. The van der Waals surface area contributed by atoms with Crippen molar-refractivity contribution in [3.8, 4) is 11.1 Å². The quantitative estimate of drug-likeness (QED) is 0.597. The molecule has 1 heteroatoms. The van der Waals surface area contributed by atoms with Crippen LogP contribution < -0.4 is 0 Å². The Kier molecular flexibility index (Phi) is 2.51. The second-order valence-corrected chi connectivity index (χ2v) is 3.44. The Bertz CT molecular complexity index is 521. The fourth-order valence-corrected chi connectivity index (χ4v) is 1.67. The third-order valence-electron chi connectivity index (χ3n) is 2.46. The molecular formula is C14H11N. The topological polar surface area (TPSA) is 4.36 Å². The zero-order valence-corrected chi connectivity index (χ0v) is 8.57. The maximum atomic E-state index is 7.13. The highest BCUT2D eigenvalue weighted by molar-refractivity contribution is 5.80. The lowest BCUT2D eigenvalue weighted by Crippen LogP contribution is -1.82. The summed E-state index contributed by atoms with van der Waals surface area (Å²) in [5, 5.41) is 0. The van der Waals surface area contributed by atoms with Crippen molar-refractivity contribution in [2.75, 3.05) is 0 Å². The van der Waals surface area contributed by atoms with Gasteiger partial charge in [0.1, 0.15) is 0 Å². The van der Waals surface area contributed by atoms with Gasteiger partial charge in [0, 0.05) is 0 Å². The molecular weight excluding hydrogens is 182 g/mol. The van der Waals surface area contributed by atoms with Crippen molar-refractivity contribution in [1.29, 1.82) is 0 Å². The number of para-hydroxylation sites is 1. The van der Waals surface area contributed by atoms with Crippen LogP contribution in [0.3, 0.4) is 0 Å². The van der Waals surface area contributed by atoms with Crippen molar-refractivity contribution >= 4 is 5.69 Å². The second kappa shape index (κ2) is 3.98. The average Bonchev–Trinajstić information content (AvgIpc) is 2.30. The molecule has 0 aliphatic rings. The van der Waals surface area contributed by atoms with Gasteiger partial charge in [0.25, 0.3) is 0 Å². The molecule has 0 heterocycles. The molecule has 15 heavy (non-hydrogen) atoms. The fourth-order valence-electron chi connectivity index (χ4n) is 1.67. The predicted molar refractivity (Wildman–Crippen MR) is 62.9 cm³/mol. The van der Waals surface area contributed by atoms with Crippen LogP contribution in [0.4, 0.5) is 5.69 Å². The average molecular weight is 193 g/mol. The minimum atomic E-state index is 0.715. The van der Waals surface area contributed by atoms with Gasteiger partial charge in [-0.15, -0.1) is 0 Å². The van der Waals surface area contributed by atoms with Crippen molar-refractivity contribution < 1.29 is 0 Å². The SMILES string of the molecule is [C-]#[N+]c1ccccc1-c1ccccc1C. The standard InChI is InChI=1S/C14H11N/c1-11-7-3-4-8-12(11)13-9-5-6-10-14(13)15-2/h3-10H,1H3. The van der Waals surface area contributed by atoms with Crippen molar-refractivity contribution in [3.05, 3.63) is 65.5 Å². The summed E-state index contributed by atoms with van der Waals surface area (Å²) in [6.07, 6.45) is 0. The molecule has 0 fully saturated rings. The summed E-state index contributed by atoms with van der Waals surface area (Å²) in [5.74, 6) is 0. The molecule has 72 valence electrons. The zero-order chi connectivity index (χ0) is 10.7. The Morgan fingerprint density at radius 2 is 1.47 bits per heavy atom. The molecule has 1 nitrogen and oxygen atoms in total. The molecule has 0 aliphatic carbocycles. The summed E-state index contributed by atoms with van der Waals surface area (Å²) < 4.78 is 0. The minimum Gasteiger partial charge on any atom is -0.238 e. The van der Waals surface area contributed by atoms with Crippen LogP contribution in [0.15, 0.2) is 48.5 Å². The third kappa shape index (κ3) is 1.75. The Morgan fingerprint density at radius 1 is 0.867 bits per heavy atom. The normalized spacial score (nSPS) is 9.60. The Labute approximate surface area is 89.8 Å². The molecule has 0 spiro atoms. The number of aryl methyl sites for hydroxylation is 1. The molecule has 0 N–H and O–H groups in total. The maximum absolute atomic E-state index is 7.13. The number of nitrogens with zero attached hydrogens (tertiary/aromatic N) is 1. The van der Waals surface area contributed by atoms with Gasteiger partial charge in [-0.3, -0.25) is 0 Å². The van der Waals surface area contributed by atoms with E-state index in [9.17, 15) is 0 Å². The van der Waals surface area contributed by atoms with E-state index in [4.69, 9.17) is 6.57 Å². The van der Waals surface area contributed by atoms with Crippen LogP contribution in [0.1, 0.15) is 5.56 Å². The Hall–Kier alpha value is -2.07. The molecule has 0 bridgehead atoms. The Morgan fingerprint density at radius 3 is 2.13 bits per heavy atom. The van der Waals surface area contributed by atoms with E-state index in [2.05, 4.69) is 23.9 Å². The summed E-state index contributed by atoms with van der Waals surface area (Å²) in [6.45, 7) is 9.19. The second-order valence-electron chi connectivity index (χ2n) is 3.44. The summed E-state index contributed by atoms with van der Waals surface area (Å²) in [5.41, 5.74) is 4.08. The summed E-state index contributed by atoms with van der Waals surface area (Å²) in [6, 6.07) is 15.9. The predicted octanol–water partition coefficient (Wildman–Crippen LogP) is 4.21. The van der Waals surface area contributed by atoms with Crippen LogP contribution in [-0.2, 0) is 0 Å². The lowest BCUT2D eigenvalue weighted by molar-refractivity contribution is 1.46. The summed E-state index contributed by atoms with van der Waals surface area (Å²) in [4.78, 5) is 3.54. The van der Waals surface area contributed by atoms with Gasteiger partial charge in [0.05, 0.1) is 6.57 Å². The first-order chi connectivity index (χ1) is 7.33. The van der Waals surface area contributed by atoms with E-state index in [1.807, 2.05) is 36.4 Å². The van der Waals surface area contributed by atoms with Crippen LogP contribution in [0, 0.1) is 13.5 Å². The van der Waals surface area contributed by atoms with Gasteiger partial charge in [-0.2, -0.15) is 0 Å². The minimum absolute atomic E-state index is 0.715. The van der Waals surface area contributed by atoms with Gasteiger partial charge in [0.2, 0.25) is 0 Å². The van der Waals surface area contributed by atoms with Crippen LogP contribution in [0.2, 0.25) is 0 Å². The molecule has 0 unspecified atom stereocenters. The molecule has 2 aromatic carbocycles. The van der Waals surface area contributed by atoms with E-state index in [1.54, 1.807) is 0 Å². The zero-order valence-electron chi connectivity index (χ0n) is 8.57. The first-order valence-electron chi connectivity index (χ1n) is 4.85. The molecule has 0 radical (unpaired) electrons. The van der Waals surface area contributed by atoms with Gasteiger partial charge >= 0.3 is 0 Å². The first-order valence-corrected chi connectivity index (χ1v) is 4.85. The molecule has 2 rings (SSSR count). The van der Waals surface area contributed by atoms with Crippen molar-refractivity contribution in [2.24, 2.45) is 0 Å². The van der Waals surface area contributed by atoms with Gasteiger partial charge in [-0.1, -0.05) is 48.5 Å². The summed E-state index contributed by atoms with van der Waals surface area (Å²) >= 11 is 0. The van der Waals surface area contributed by atoms with E-state index < -0.39 is 0 Å². The lowest BCUT2D eigenvalue weighted by atomic mass is 9.99. The highest BCUT2D eigenvalue weighted by Gasteiger charge is 2.05. The van der Waals surface area contributed by atoms with E-state index in [1.165, 1.54) is 5.56 Å². The van der Waals surface area contributed by atoms with Crippen molar-refractivity contribution in [1.82, 2.24) is 0 Å². The molecule has 0 aliphatic heterocycles. The van der Waals surface area contributed by atoms with Gasteiger partial charge in [-0.05, 0) is 23.6 Å². The van der Waals surface area contributed by atoms with Crippen molar-refractivity contribution in [3.63, 3.8) is 0 Å². The molecule has 0 aromatic heterocycles. The molecule has 0 amide bonds. The highest BCUT2D eigenvalue weighted by atomic mass is 14.6. The van der Waals surface area contributed by atoms with Gasteiger partial charge in [-0.25, -0.2) is 4.85 Å². The smallest absolute Gasteiger partial charge is 0.194 e. The van der Waals surface area contributed by atoms with E-state index in [0.717, 1.165) is 11.1 Å². The number of rotatable bonds is 1. The number of hydrogen-bond acceptors (Lipinski definition) is 0. The fraction of sp³-hybridized carbons (Fsp3) is 0.0714. The number of hydrogen-bond donors (Lipinski definition) is 0. The van der Waals surface area contributed by atoms with Crippen LogP contribution in [-0.4, -0.2) is 0 Å². The van der Waals surface area contributed by atoms with Crippen LogP contribution in [0.5, 0.6) is 0 Å². The maximum Gasteiger partial charge on any atom is 0.194 e. The van der Waals surface area contributed by atoms with Crippen LogP contribution in [0.25, 0.3) is 16.0 Å². The molecule has 0 atom stereocenters. The highest BCUT2D eigenvalue weighted by Crippen LogP contribution is 2.31. The van der Waals surface area contributed by atoms with Gasteiger partial charge in [0.15, 0.2) is 5.69 Å². The summed E-state index contributed by atoms with van der Waals surface area (Å²) in [7, 11) is 0. The van der Waals surface area contributed by atoms with Gasteiger partial charge < -0.3 is 0 Å². The van der Waals surface area contributed by atoms with E-state index in [-0.39, 0.29) is 0 Å². The first kappa shape index (κ1) is 9.48. The van der Waals surface area contributed by atoms with Crippen molar-refractivity contribution in [2.45, 2.75) is 6.92 Å². The third-order valence-corrected chi connectivity index (χ3v) is 2.46. The molecule has 0 saturated heterocycles. The monoisotopic (exact) mass is 193 g/mol. The number of benzene rings is 2. The largest absolute Gasteiger partial charge is 0.238 e. The van der Waals surface area contributed by atoms with E-state index in [0.29, 0.717) is 5.69 Å². The Balaban J connectivity index is 2.65. The molecule has 2 aromatic rings. The van der Waals surface area contributed by atoms with E-state index >= 15 is 0 Å². The molecule has 0 saturated carbocycles.